The number of aliphatic hydroxyl groups excluding tert-OH is 1. The molecule has 0 aromatic carbocycles. The van der Waals surface area contributed by atoms with Gasteiger partial charge in [-0.1, -0.05) is 11.6 Å². The summed E-state index contributed by atoms with van der Waals surface area (Å²) in [6.45, 7) is 0. The van der Waals surface area contributed by atoms with Crippen LogP contribution in [0.1, 0.15) is 17.4 Å². The highest BCUT2D eigenvalue weighted by atomic mass is 35.5. The molecule has 0 fully saturated rings. The molecule has 0 spiro atoms. The van der Waals surface area contributed by atoms with Crippen molar-refractivity contribution >= 4 is 11.6 Å². The number of ether oxygens (including phenoxy) is 1. The molecule has 2 heterocycles. The van der Waals surface area contributed by atoms with Gasteiger partial charge in [0.05, 0.1) is 18.3 Å². The highest BCUT2D eigenvalue weighted by molar-refractivity contribution is 6.31. The minimum absolute atomic E-state index is 0.406. The van der Waals surface area contributed by atoms with Crippen molar-refractivity contribution in [3.8, 4) is 5.75 Å². The summed E-state index contributed by atoms with van der Waals surface area (Å²) in [5.41, 5.74) is 1.13. The summed E-state index contributed by atoms with van der Waals surface area (Å²) in [7, 11) is 3.26. The molecule has 0 aliphatic rings. The number of hydrogen-bond donors (Lipinski definition) is 1. The molecule has 0 saturated heterocycles. The van der Waals surface area contributed by atoms with Crippen LogP contribution >= 0.6 is 11.6 Å². The standard InChI is InChI=1S/C11H12ClN3O2/c1-15-10(9(17-2)6-14-15)11(16)7-3-4-13-5-8(7)12/h3-6,11,16H,1-2H3. The van der Waals surface area contributed by atoms with Crippen molar-refractivity contribution < 1.29 is 9.84 Å². The monoisotopic (exact) mass is 253 g/mol. The molecule has 17 heavy (non-hydrogen) atoms. The SMILES string of the molecule is COc1cnn(C)c1C(O)c1ccncc1Cl. The van der Waals surface area contributed by atoms with E-state index in [4.69, 9.17) is 16.3 Å². The van der Waals surface area contributed by atoms with Gasteiger partial charge in [-0.15, -0.1) is 0 Å². The van der Waals surface area contributed by atoms with E-state index in [-0.39, 0.29) is 0 Å². The molecule has 0 aliphatic carbocycles. The molecule has 0 radical (unpaired) electrons. The number of methoxy groups -OCH3 is 1. The molecule has 2 rings (SSSR count). The molecule has 2 aromatic rings. The van der Waals surface area contributed by atoms with E-state index in [1.165, 1.54) is 13.3 Å². The van der Waals surface area contributed by atoms with Crippen molar-refractivity contribution in [2.75, 3.05) is 7.11 Å². The van der Waals surface area contributed by atoms with Gasteiger partial charge in [0, 0.05) is 25.0 Å². The average Bonchev–Trinajstić information content (AvgIpc) is 2.70. The Balaban J connectivity index is 2.47. The first-order valence-electron chi connectivity index (χ1n) is 4.98. The lowest BCUT2D eigenvalue weighted by atomic mass is 10.1. The van der Waals surface area contributed by atoms with Gasteiger partial charge in [0.2, 0.25) is 0 Å². The Hall–Kier alpha value is -1.59. The smallest absolute Gasteiger partial charge is 0.162 e. The van der Waals surface area contributed by atoms with Crippen molar-refractivity contribution in [1.82, 2.24) is 14.8 Å². The molecule has 2 aromatic heterocycles. The predicted molar refractivity (Wildman–Crippen MR) is 63.1 cm³/mol. The largest absolute Gasteiger partial charge is 0.493 e. The highest BCUT2D eigenvalue weighted by Gasteiger charge is 2.21. The molecular weight excluding hydrogens is 242 g/mol. The molecule has 1 N–H and O–H groups in total. The van der Waals surface area contributed by atoms with Crippen LogP contribution in [0.15, 0.2) is 24.7 Å². The minimum Gasteiger partial charge on any atom is -0.493 e. The van der Waals surface area contributed by atoms with Crippen LogP contribution in [0.4, 0.5) is 0 Å². The maximum atomic E-state index is 10.3. The van der Waals surface area contributed by atoms with Crippen molar-refractivity contribution in [1.29, 1.82) is 0 Å². The number of pyridine rings is 1. The lowest BCUT2D eigenvalue weighted by molar-refractivity contribution is 0.204. The van der Waals surface area contributed by atoms with Crippen LogP contribution in [0, 0.1) is 0 Å². The molecule has 0 aliphatic heterocycles. The van der Waals surface area contributed by atoms with Gasteiger partial charge < -0.3 is 9.84 Å². The van der Waals surface area contributed by atoms with E-state index in [0.717, 1.165) is 0 Å². The lowest BCUT2D eigenvalue weighted by Gasteiger charge is -2.14. The molecule has 0 amide bonds. The molecule has 90 valence electrons. The topological polar surface area (TPSA) is 60.2 Å². The molecule has 1 atom stereocenters. The van der Waals surface area contributed by atoms with E-state index in [0.29, 0.717) is 22.0 Å². The second-order valence-corrected chi connectivity index (χ2v) is 3.93. The van der Waals surface area contributed by atoms with E-state index < -0.39 is 6.10 Å². The first kappa shape index (κ1) is 11.9. The Bertz CT molecular complexity index is 527. The van der Waals surface area contributed by atoms with Gasteiger partial charge in [-0.3, -0.25) is 9.67 Å². The number of aromatic nitrogens is 3. The fourth-order valence-corrected chi connectivity index (χ4v) is 1.87. The van der Waals surface area contributed by atoms with Crippen LogP contribution in [0.5, 0.6) is 5.75 Å². The van der Waals surface area contributed by atoms with E-state index in [2.05, 4.69) is 10.1 Å². The summed E-state index contributed by atoms with van der Waals surface area (Å²) < 4.78 is 6.70. The zero-order valence-electron chi connectivity index (χ0n) is 9.46. The quantitative estimate of drug-likeness (QED) is 0.902. The normalized spacial score (nSPS) is 12.5. The molecular formula is C11H12ClN3O2. The second kappa shape index (κ2) is 4.73. The van der Waals surface area contributed by atoms with Gasteiger partial charge in [0.25, 0.3) is 0 Å². The van der Waals surface area contributed by atoms with E-state index in [9.17, 15) is 5.11 Å². The third-order valence-corrected chi connectivity index (χ3v) is 2.84. The van der Waals surface area contributed by atoms with Crippen molar-refractivity contribution in [3.05, 3.63) is 40.9 Å². The summed E-state index contributed by atoms with van der Waals surface area (Å²) in [6, 6.07) is 1.67. The fraction of sp³-hybridized carbons (Fsp3) is 0.273. The average molecular weight is 254 g/mol. The number of hydrogen-bond acceptors (Lipinski definition) is 4. The number of aryl methyl sites for hydroxylation is 1. The fourth-order valence-electron chi connectivity index (χ4n) is 1.65. The van der Waals surface area contributed by atoms with Crippen molar-refractivity contribution in [2.24, 2.45) is 7.05 Å². The maximum absolute atomic E-state index is 10.3. The van der Waals surface area contributed by atoms with Gasteiger partial charge in [-0.25, -0.2) is 0 Å². The third kappa shape index (κ3) is 2.11. The number of aliphatic hydroxyl groups is 1. The summed E-state index contributed by atoms with van der Waals surface area (Å²) in [4.78, 5) is 3.88. The Morgan fingerprint density at radius 2 is 2.24 bits per heavy atom. The van der Waals surface area contributed by atoms with Crippen LogP contribution in [-0.2, 0) is 7.05 Å². The molecule has 0 bridgehead atoms. The number of nitrogens with zero attached hydrogens (tertiary/aromatic N) is 3. The van der Waals surface area contributed by atoms with Crippen LogP contribution in [0.3, 0.4) is 0 Å². The molecule has 1 unspecified atom stereocenters. The van der Waals surface area contributed by atoms with Gasteiger partial charge in [-0.2, -0.15) is 5.10 Å². The summed E-state index contributed by atoms with van der Waals surface area (Å²) in [6.07, 6.45) is 3.72. The predicted octanol–water partition coefficient (Wildman–Crippen LogP) is 1.56. The van der Waals surface area contributed by atoms with Crippen LogP contribution in [0.2, 0.25) is 5.02 Å². The molecule has 6 heteroatoms. The first-order chi connectivity index (χ1) is 8.15. The van der Waals surface area contributed by atoms with Crippen LogP contribution in [-0.4, -0.2) is 27.0 Å². The lowest BCUT2D eigenvalue weighted by Crippen LogP contribution is -2.08. The second-order valence-electron chi connectivity index (χ2n) is 3.52. The maximum Gasteiger partial charge on any atom is 0.162 e. The Kier molecular flexibility index (Phi) is 3.31. The van der Waals surface area contributed by atoms with Gasteiger partial charge in [0.15, 0.2) is 5.75 Å². The summed E-state index contributed by atoms with van der Waals surface area (Å²) >= 11 is 5.99. The Morgan fingerprint density at radius 3 is 2.88 bits per heavy atom. The molecule has 5 nitrogen and oxygen atoms in total. The van der Waals surface area contributed by atoms with Crippen LogP contribution in [0.25, 0.3) is 0 Å². The van der Waals surface area contributed by atoms with Crippen molar-refractivity contribution in [3.63, 3.8) is 0 Å². The Labute approximate surface area is 104 Å². The van der Waals surface area contributed by atoms with Gasteiger partial charge in [0.1, 0.15) is 11.8 Å². The minimum atomic E-state index is -0.895. The van der Waals surface area contributed by atoms with Crippen LogP contribution < -0.4 is 4.74 Å². The number of halogens is 1. The van der Waals surface area contributed by atoms with Gasteiger partial charge in [-0.05, 0) is 6.07 Å². The van der Waals surface area contributed by atoms with Crippen molar-refractivity contribution in [2.45, 2.75) is 6.10 Å². The molecule has 0 saturated carbocycles. The first-order valence-corrected chi connectivity index (χ1v) is 5.36. The van der Waals surface area contributed by atoms with Gasteiger partial charge >= 0.3 is 0 Å². The van der Waals surface area contributed by atoms with E-state index >= 15 is 0 Å². The highest BCUT2D eigenvalue weighted by Crippen LogP contribution is 2.32. The summed E-state index contributed by atoms with van der Waals surface area (Å²) in [5, 5.41) is 14.7. The summed E-state index contributed by atoms with van der Waals surface area (Å²) in [5.74, 6) is 0.521. The Morgan fingerprint density at radius 1 is 1.47 bits per heavy atom. The zero-order valence-corrected chi connectivity index (χ0v) is 10.2. The van der Waals surface area contributed by atoms with E-state index in [1.54, 1.807) is 30.2 Å². The van der Waals surface area contributed by atoms with E-state index in [1.807, 2.05) is 0 Å². The number of rotatable bonds is 3. The third-order valence-electron chi connectivity index (χ3n) is 2.53. The zero-order chi connectivity index (χ0) is 12.4.